The molecule has 1 atom stereocenters. The SMILES string of the molecule is CCCNC(=O)[C@H](C)N(Cc1ccc(F)cc1)C(=O)CN(c1ccc(C)c(Cl)c1)S(=O)(=O)c1ccc(C)cc1. The fourth-order valence-corrected chi connectivity index (χ4v) is 5.45. The van der Waals surface area contributed by atoms with Crippen LogP contribution in [0.2, 0.25) is 5.02 Å². The lowest BCUT2D eigenvalue weighted by Crippen LogP contribution is -2.51. The van der Waals surface area contributed by atoms with Gasteiger partial charge in [-0.15, -0.1) is 0 Å². The Bertz CT molecular complexity index is 1410. The first-order valence-corrected chi connectivity index (χ1v) is 14.4. The minimum Gasteiger partial charge on any atom is -0.354 e. The van der Waals surface area contributed by atoms with E-state index in [0.717, 1.165) is 15.4 Å². The molecule has 1 N–H and O–H groups in total. The van der Waals surface area contributed by atoms with Crippen LogP contribution in [-0.2, 0) is 26.2 Å². The fraction of sp³-hybridized carbons (Fsp3) is 0.310. The van der Waals surface area contributed by atoms with Gasteiger partial charge in [-0.1, -0.05) is 54.4 Å². The Hall–Kier alpha value is -3.43. The number of aryl methyl sites for hydroxylation is 2. The molecule has 3 aromatic rings. The number of sulfonamides is 1. The van der Waals surface area contributed by atoms with Gasteiger partial charge in [-0.25, -0.2) is 12.8 Å². The molecule has 3 rings (SSSR count). The zero-order valence-electron chi connectivity index (χ0n) is 22.4. The summed E-state index contributed by atoms with van der Waals surface area (Å²) in [4.78, 5) is 28.0. The number of nitrogens with zero attached hydrogens (tertiary/aromatic N) is 2. The number of carbonyl (C=O) groups excluding carboxylic acids is 2. The molecule has 0 radical (unpaired) electrons. The van der Waals surface area contributed by atoms with Crippen molar-refractivity contribution in [2.24, 2.45) is 0 Å². The van der Waals surface area contributed by atoms with Crippen molar-refractivity contribution in [1.82, 2.24) is 10.2 Å². The monoisotopic (exact) mass is 573 g/mol. The smallest absolute Gasteiger partial charge is 0.264 e. The number of hydrogen-bond acceptors (Lipinski definition) is 4. The molecule has 0 aliphatic heterocycles. The Kier molecular flexibility index (Phi) is 10.1. The van der Waals surface area contributed by atoms with E-state index in [1.807, 2.05) is 13.8 Å². The molecule has 0 aromatic heterocycles. The normalized spacial score (nSPS) is 12.1. The second-order valence-corrected chi connectivity index (χ2v) is 11.6. The minimum absolute atomic E-state index is 0.0106. The highest BCUT2D eigenvalue weighted by Gasteiger charge is 2.32. The maximum atomic E-state index is 13.8. The van der Waals surface area contributed by atoms with Crippen molar-refractivity contribution < 1.29 is 22.4 Å². The Morgan fingerprint density at radius 3 is 2.23 bits per heavy atom. The Labute approximate surface area is 234 Å². The summed E-state index contributed by atoms with van der Waals surface area (Å²) in [6.07, 6.45) is 0.709. The molecule has 10 heteroatoms. The van der Waals surface area contributed by atoms with Crippen molar-refractivity contribution in [3.63, 3.8) is 0 Å². The third-order valence-corrected chi connectivity index (χ3v) is 8.51. The van der Waals surface area contributed by atoms with Gasteiger partial charge in [-0.2, -0.15) is 0 Å². The lowest BCUT2D eigenvalue weighted by Gasteiger charge is -2.32. The average molecular weight is 574 g/mol. The molecule has 0 bridgehead atoms. The molecular weight excluding hydrogens is 541 g/mol. The highest BCUT2D eigenvalue weighted by molar-refractivity contribution is 7.92. The van der Waals surface area contributed by atoms with Crippen LogP contribution in [0.4, 0.5) is 10.1 Å². The van der Waals surface area contributed by atoms with E-state index in [9.17, 15) is 22.4 Å². The van der Waals surface area contributed by atoms with E-state index in [4.69, 9.17) is 11.6 Å². The Morgan fingerprint density at radius 2 is 1.64 bits per heavy atom. The minimum atomic E-state index is -4.19. The first kappa shape index (κ1) is 30.1. The zero-order chi connectivity index (χ0) is 28.7. The molecule has 2 amide bonds. The van der Waals surface area contributed by atoms with Gasteiger partial charge in [0.15, 0.2) is 0 Å². The maximum absolute atomic E-state index is 13.8. The van der Waals surface area contributed by atoms with Gasteiger partial charge in [0.05, 0.1) is 10.6 Å². The summed E-state index contributed by atoms with van der Waals surface area (Å²) in [6, 6.07) is 15.7. The van der Waals surface area contributed by atoms with Crippen molar-refractivity contribution in [3.05, 3.63) is 94.3 Å². The summed E-state index contributed by atoms with van der Waals surface area (Å²) in [6.45, 7) is 6.94. The third-order valence-electron chi connectivity index (χ3n) is 6.31. The number of rotatable bonds is 11. The number of halogens is 2. The largest absolute Gasteiger partial charge is 0.354 e. The van der Waals surface area contributed by atoms with Gasteiger partial charge >= 0.3 is 0 Å². The standard InChI is InChI=1S/C29H33ClFN3O4S/c1-5-16-32-29(36)22(4)33(18-23-9-11-24(31)12-10-23)28(35)19-34(25-13-8-21(3)27(30)17-25)39(37,38)26-14-6-20(2)7-15-26/h6-15,17,22H,5,16,18-19H2,1-4H3,(H,32,36)/t22-/m0/s1. The predicted molar refractivity (Wildman–Crippen MR) is 152 cm³/mol. The maximum Gasteiger partial charge on any atom is 0.264 e. The lowest BCUT2D eigenvalue weighted by molar-refractivity contribution is -0.139. The van der Waals surface area contributed by atoms with Crippen LogP contribution >= 0.6 is 11.6 Å². The number of anilines is 1. The van der Waals surface area contributed by atoms with E-state index < -0.39 is 34.3 Å². The fourth-order valence-electron chi connectivity index (χ4n) is 3.87. The van der Waals surface area contributed by atoms with Crippen molar-refractivity contribution in [2.45, 2.75) is 51.6 Å². The summed E-state index contributed by atoms with van der Waals surface area (Å²) in [5, 5.41) is 3.13. The van der Waals surface area contributed by atoms with Crippen molar-refractivity contribution in [1.29, 1.82) is 0 Å². The predicted octanol–water partition coefficient (Wildman–Crippen LogP) is 5.23. The number of carbonyl (C=O) groups is 2. The van der Waals surface area contributed by atoms with Gasteiger partial charge in [0, 0.05) is 18.1 Å². The first-order chi connectivity index (χ1) is 18.4. The summed E-state index contributed by atoms with van der Waals surface area (Å²) in [7, 11) is -4.19. The van der Waals surface area contributed by atoms with E-state index in [-0.39, 0.29) is 23.0 Å². The van der Waals surface area contributed by atoms with Crippen molar-refractivity contribution >= 4 is 39.1 Å². The van der Waals surface area contributed by atoms with Crippen molar-refractivity contribution in [3.8, 4) is 0 Å². The molecule has 7 nitrogen and oxygen atoms in total. The van der Waals surface area contributed by atoms with Gasteiger partial charge in [-0.05, 0) is 74.7 Å². The van der Waals surface area contributed by atoms with Crippen LogP contribution in [-0.4, -0.2) is 44.3 Å². The van der Waals surface area contributed by atoms with E-state index >= 15 is 0 Å². The highest BCUT2D eigenvalue weighted by atomic mass is 35.5. The topological polar surface area (TPSA) is 86.8 Å². The molecule has 0 fully saturated rings. The number of nitrogens with one attached hydrogen (secondary N) is 1. The summed E-state index contributed by atoms with van der Waals surface area (Å²) in [5.41, 5.74) is 2.43. The van der Waals surface area contributed by atoms with Crippen LogP contribution < -0.4 is 9.62 Å². The molecule has 0 unspecified atom stereocenters. The summed E-state index contributed by atoms with van der Waals surface area (Å²) in [5.74, 6) is -1.42. The number of amides is 2. The first-order valence-electron chi connectivity index (χ1n) is 12.6. The van der Waals surface area contributed by atoms with E-state index in [2.05, 4.69) is 5.32 Å². The third kappa shape index (κ3) is 7.58. The summed E-state index contributed by atoms with van der Waals surface area (Å²) < 4.78 is 42.2. The van der Waals surface area contributed by atoms with Gasteiger partial charge in [0.1, 0.15) is 18.4 Å². The quantitative estimate of drug-likeness (QED) is 0.340. The number of benzene rings is 3. The second kappa shape index (κ2) is 13.1. The number of hydrogen-bond donors (Lipinski definition) is 1. The van der Waals surface area contributed by atoms with E-state index in [1.165, 1.54) is 47.4 Å². The molecule has 0 aliphatic carbocycles. The van der Waals surface area contributed by atoms with Gasteiger partial charge in [-0.3, -0.25) is 13.9 Å². The van der Waals surface area contributed by atoms with Crippen LogP contribution in [0.25, 0.3) is 0 Å². The van der Waals surface area contributed by atoms with Crippen LogP contribution in [0.1, 0.15) is 37.0 Å². The van der Waals surface area contributed by atoms with E-state index in [0.29, 0.717) is 23.6 Å². The Morgan fingerprint density at radius 1 is 1.00 bits per heavy atom. The molecule has 208 valence electrons. The lowest BCUT2D eigenvalue weighted by atomic mass is 10.1. The van der Waals surface area contributed by atoms with Gasteiger partial charge in [0.2, 0.25) is 11.8 Å². The molecule has 0 saturated heterocycles. The van der Waals surface area contributed by atoms with Crippen LogP contribution in [0.3, 0.4) is 0 Å². The molecule has 3 aromatic carbocycles. The zero-order valence-corrected chi connectivity index (χ0v) is 24.0. The second-order valence-electron chi connectivity index (χ2n) is 9.37. The molecule has 0 heterocycles. The van der Waals surface area contributed by atoms with Crippen LogP contribution in [0, 0.1) is 19.7 Å². The van der Waals surface area contributed by atoms with Crippen LogP contribution in [0.5, 0.6) is 0 Å². The van der Waals surface area contributed by atoms with Gasteiger partial charge in [0.25, 0.3) is 10.0 Å². The molecule has 39 heavy (non-hydrogen) atoms. The van der Waals surface area contributed by atoms with Crippen molar-refractivity contribution in [2.75, 3.05) is 17.4 Å². The summed E-state index contributed by atoms with van der Waals surface area (Å²) >= 11 is 6.33. The highest BCUT2D eigenvalue weighted by Crippen LogP contribution is 2.28. The average Bonchev–Trinajstić information content (AvgIpc) is 2.91. The van der Waals surface area contributed by atoms with E-state index in [1.54, 1.807) is 38.1 Å². The molecule has 0 aliphatic rings. The van der Waals surface area contributed by atoms with Crippen LogP contribution in [0.15, 0.2) is 71.6 Å². The molecule has 0 saturated carbocycles. The molecule has 0 spiro atoms. The molecular formula is C29H33ClFN3O4S. The van der Waals surface area contributed by atoms with Gasteiger partial charge < -0.3 is 10.2 Å². The Balaban J connectivity index is 2.04.